The van der Waals surface area contributed by atoms with Crippen molar-refractivity contribution in [3.63, 3.8) is 0 Å². The molecule has 0 aromatic heterocycles. The van der Waals surface area contributed by atoms with E-state index in [0.29, 0.717) is 18.3 Å². The quantitative estimate of drug-likeness (QED) is 0.463. The van der Waals surface area contributed by atoms with Crippen molar-refractivity contribution < 1.29 is 9.53 Å². The van der Waals surface area contributed by atoms with Crippen molar-refractivity contribution >= 4 is 5.97 Å². The highest BCUT2D eigenvalue weighted by atomic mass is 16.6. The van der Waals surface area contributed by atoms with Crippen LogP contribution >= 0.6 is 0 Å². The molecule has 3 atom stereocenters. The number of hydrogen-bond donors (Lipinski definition) is 0. The summed E-state index contributed by atoms with van der Waals surface area (Å²) < 4.78 is 5.56. The van der Waals surface area contributed by atoms with E-state index >= 15 is 0 Å². The summed E-state index contributed by atoms with van der Waals surface area (Å²) in [5.74, 6) is 3.30. The lowest BCUT2D eigenvalue weighted by Gasteiger charge is -2.53. The molecule has 1 saturated carbocycles. The molecule has 0 spiro atoms. The van der Waals surface area contributed by atoms with Crippen LogP contribution in [0, 0.1) is 29.6 Å². The molecule has 1 heterocycles. The molecule has 1 aliphatic carbocycles. The van der Waals surface area contributed by atoms with E-state index in [1.54, 1.807) is 0 Å². The van der Waals surface area contributed by atoms with E-state index < -0.39 is 5.60 Å². The highest BCUT2D eigenvalue weighted by Gasteiger charge is 2.56. The maximum atomic E-state index is 11.6. The number of ether oxygens (including phenoxy) is 1. The van der Waals surface area contributed by atoms with Crippen molar-refractivity contribution in [3.8, 4) is 12.3 Å². The molecule has 0 bridgehead atoms. The number of fused-ring (bicyclic) bond motifs is 1. The van der Waals surface area contributed by atoms with Crippen LogP contribution in [0.5, 0.6) is 0 Å². The second-order valence-corrected chi connectivity index (χ2v) is 6.01. The molecule has 2 rings (SSSR count). The Morgan fingerprint density at radius 1 is 1.44 bits per heavy atom. The van der Waals surface area contributed by atoms with Crippen LogP contribution < -0.4 is 0 Å². The first kappa shape index (κ1) is 11.5. The van der Waals surface area contributed by atoms with E-state index in [1.165, 1.54) is 6.42 Å². The molecule has 0 aromatic carbocycles. The SMILES string of the molecule is C#CC12CCCC(C)(C)C1C(C)CC(=O)O2. The fraction of sp³-hybridized carbons (Fsp3) is 0.786. The molecular weight excluding hydrogens is 200 g/mol. The second kappa shape index (κ2) is 3.52. The molecular formula is C14H20O2. The van der Waals surface area contributed by atoms with E-state index in [9.17, 15) is 4.79 Å². The van der Waals surface area contributed by atoms with E-state index in [0.717, 1.165) is 12.8 Å². The van der Waals surface area contributed by atoms with Gasteiger partial charge in [0.15, 0.2) is 5.60 Å². The van der Waals surface area contributed by atoms with E-state index in [4.69, 9.17) is 11.2 Å². The molecule has 3 unspecified atom stereocenters. The highest BCUT2D eigenvalue weighted by Crippen LogP contribution is 2.54. The van der Waals surface area contributed by atoms with Gasteiger partial charge in [0.05, 0.1) is 0 Å². The van der Waals surface area contributed by atoms with Gasteiger partial charge in [0.2, 0.25) is 0 Å². The molecule has 0 N–H and O–H groups in total. The van der Waals surface area contributed by atoms with Gasteiger partial charge >= 0.3 is 5.97 Å². The minimum Gasteiger partial charge on any atom is -0.445 e. The minimum absolute atomic E-state index is 0.126. The lowest BCUT2D eigenvalue weighted by molar-refractivity contribution is -0.190. The van der Waals surface area contributed by atoms with Crippen molar-refractivity contribution in [3.05, 3.63) is 0 Å². The molecule has 88 valence electrons. The molecule has 2 fully saturated rings. The second-order valence-electron chi connectivity index (χ2n) is 6.01. The summed E-state index contributed by atoms with van der Waals surface area (Å²) in [7, 11) is 0. The minimum atomic E-state index is -0.628. The number of terminal acetylenes is 1. The van der Waals surface area contributed by atoms with Crippen LogP contribution in [-0.2, 0) is 9.53 Å². The van der Waals surface area contributed by atoms with Crippen LogP contribution in [0.15, 0.2) is 0 Å². The lowest BCUT2D eigenvalue weighted by Crippen LogP contribution is -2.56. The molecule has 2 heteroatoms. The third kappa shape index (κ3) is 1.54. The predicted molar refractivity (Wildman–Crippen MR) is 62.6 cm³/mol. The standard InChI is InChI=1S/C14H20O2/c1-5-14-8-6-7-13(3,4)12(14)10(2)9-11(15)16-14/h1,10,12H,6-9H2,2-4H3. The Kier molecular flexibility index (Phi) is 2.53. The monoisotopic (exact) mass is 220 g/mol. The predicted octanol–water partition coefficient (Wildman–Crippen LogP) is 2.77. The van der Waals surface area contributed by atoms with Gasteiger partial charge in [0, 0.05) is 12.3 Å². The van der Waals surface area contributed by atoms with Crippen LogP contribution in [-0.4, -0.2) is 11.6 Å². The third-order valence-electron chi connectivity index (χ3n) is 4.31. The van der Waals surface area contributed by atoms with Crippen LogP contribution in [0.4, 0.5) is 0 Å². The van der Waals surface area contributed by atoms with E-state index in [2.05, 4.69) is 26.7 Å². The van der Waals surface area contributed by atoms with Crippen molar-refractivity contribution in [2.24, 2.45) is 17.3 Å². The fourth-order valence-electron chi connectivity index (χ4n) is 3.91. The zero-order valence-electron chi connectivity index (χ0n) is 10.4. The van der Waals surface area contributed by atoms with E-state index in [1.807, 2.05) is 0 Å². The summed E-state index contributed by atoms with van der Waals surface area (Å²) in [5.41, 5.74) is -0.457. The van der Waals surface area contributed by atoms with Gasteiger partial charge in [-0.05, 0) is 30.6 Å². The summed E-state index contributed by atoms with van der Waals surface area (Å²) in [6, 6.07) is 0. The molecule has 0 aromatic rings. The first-order valence-corrected chi connectivity index (χ1v) is 6.11. The Labute approximate surface area is 97.7 Å². The number of esters is 1. The Hall–Kier alpha value is -0.970. The van der Waals surface area contributed by atoms with E-state index in [-0.39, 0.29) is 11.4 Å². The van der Waals surface area contributed by atoms with Gasteiger partial charge in [-0.15, -0.1) is 6.42 Å². The fourth-order valence-corrected chi connectivity index (χ4v) is 3.91. The Morgan fingerprint density at radius 2 is 2.12 bits per heavy atom. The molecule has 1 saturated heterocycles. The van der Waals surface area contributed by atoms with Crippen LogP contribution in [0.2, 0.25) is 0 Å². The first-order chi connectivity index (χ1) is 7.41. The maximum absolute atomic E-state index is 11.6. The summed E-state index contributed by atoms with van der Waals surface area (Å²) in [5, 5.41) is 0. The van der Waals surface area contributed by atoms with Crippen molar-refractivity contribution in [2.75, 3.05) is 0 Å². The molecule has 2 aliphatic rings. The normalized spacial score (nSPS) is 41.8. The van der Waals surface area contributed by atoms with Gasteiger partial charge in [-0.25, -0.2) is 0 Å². The third-order valence-corrected chi connectivity index (χ3v) is 4.31. The molecule has 0 amide bonds. The van der Waals surface area contributed by atoms with Crippen LogP contribution in [0.25, 0.3) is 0 Å². The van der Waals surface area contributed by atoms with Crippen LogP contribution in [0.1, 0.15) is 46.5 Å². The number of carbonyl (C=O) groups excluding carboxylic acids is 1. The number of rotatable bonds is 0. The van der Waals surface area contributed by atoms with Crippen molar-refractivity contribution in [1.29, 1.82) is 0 Å². The highest BCUT2D eigenvalue weighted by molar-refractivity contribution is 5.72. The summed E-state index contributed by atoms with van der Waals surface area (Å²) in [6.45, 7) is 6.63. The van der Waals surface area contributed by atoms with Gasteiger partial charge in [0.1, 0.15) is 0 Å². The van der Waals surface area contributed by atoms with Crippen molar-refractivity contribution in [1.82, 2.24) is 0 Å². The van der Waals surface area contributed by atoms with Crippen LogP contribution in [0.3, 0.4) is 0 Å². The van der Waals surface area contributed by atoms with Crippen molar-refractivity contribution in [2.45, 2.75) is 52.1 Å². The largest absolute Gasteiger partial charge is 0.445 e. The van der Waals surface area contributed by atoms with Gasteiger partial charge in [-0.2, -0.15) is 0 Å². The average molecular weight is 220 g/mol. The zero-order valence-corrected chi connectivity index (χ0v) is 10.4. The van der Waals surface area contributed by atoms with Gasteiger partial charge in [-0.3, -0.25) is 4.79 Å². The maximum Gasteiger partial charge on any atom is 0.307 e. The smallest absolute Gasteiger partial charge is 0.307 e. The van der Waals surface area contributed by atoms with Gasteiger partial charge in [0.25, 0.3) is 0 Å². The Balaban J connectivity index is 2.42. The average Bonchev–Trinajstić information content (AvgIpc) is 2.14. The molecule has 16 heavy (non-hydrogen) atoms. The zero-order chi connectivity index (χ0) is 12.0. The molecule has 0 radical (unpaired) electrons. The summed E-state index contributed by atoms with van der Waals surface area (Å²) >= 11 is 0. The van der Waals surface area contributed by atoms with Gasteiger partial charge in [-0.1, -0.05) is 26.7 Å². The lowest BCUT2D eigenvalue weighted by atomic mass is 9.56. The molecule has 2 nitrogen and oxygen atoms in total. The Bertz CT molecular complexity index is 350. The first-order valence-electron chi connectivity index (χ1n) is 6.11. The number of hydrogen-bond acceptors (Lipinski definition) is 2. The Morgan fingerprint density at radius 3 is 2.75 bits per heavy atom. The summed E-state index contributed by atoms with van der Waals surface area (Å²) in [4.78, 5) is 11.6. The topological polar surface area (TPSA) is 26.3 Å². The molecule has 1 aliphatic heterocycles. The summed E-state index contributed by atoms with van der Waals surface area (Å²) in [6.07, 6.45) is 9.22. The number of carbonyl (C=O) groups is 1. The van der Waals surface area contributed by atoms with Gasteiger partial charge < -0.3 is 4.74 Å².